The zero-order valence-electron chi connectivity index (χ0n) is 23.9. The van der Waals surface area contributed by atoms with E-state index in [0.717, 1.165) is 67.4 Å². The van der Waals surface area contributed by atoms with Crippen molar-refractivity contribution in [3.63, 3.8) is 0 Å². The highest BCUT2D eigenvalue weighted by Crippen LogP contribution is 2.41. The van der Waals surface area contributed by atoms with Crippen LogP contribution in [-0.4, -0.2) is 69.4 Å². The lowest BCUT2D eigenvalue weighted by Gasteiger charge is -2.45. The van der Waals surface area contributed by atoms with E-state index < -0.39 is 16.7 Å². The second kappa shape index (κ2) is 10.7. The summed E-state index contributed by atoms with van der Waals surface area (Å²) in [6.45, 7) is 18.2. The van der Waals surface area contributed by atoms with Gasteiger partial charge in [0.15, 0.2) is 0 Å². The summed E-state index contributed by atoms with van der Waals surface area (Å²) in [5, 5.41) is 9.08. The van der Waals surface area contributed by atoms with E-state index in [1.165, 1.54) is 0 Å². The molecule has 2 aliphatic heterocycles. The highest BCUT2D eigenvalue weighted by atomic mass is 16.6. The minimum absolute atomic E-state index is 0.172. The molecule has 1 amide bonds. The number of H-pyrrole nitrogens is 1. The van der Waals surface area contributed by atoms with E-state index in [4.69, 9.17) is 9.47 Å². The molecular formula is C30H44N4O4. The molecule has 1 atom stereocenters. The Labute approximate surface area is 226 Å². The molecule has 8 nitrogen and oxygen atoms in total. The molecule has 2 aromatic rings. The van der Waals surface area contributed by atoms with E-state index >= 15 is 0 Å². The number of esters is 1. The first-order valence-electron chi connectivity index (χ1n) is 13.9. The molecule has 3 heterocycles. The maximum absolute atomic E-state index is 13.2. The van der Waals surface area contributed by atoms with Crippen LogP contribution in [0.3, 0.4) is 0 Å². The molecule has 1 N–H and O–H groups in total. The number of ether oxygens (including phenoxy) is 2. The number of nitrogens with zero attached hydrogens (tertiary/aromatic N) is 3. The highest BCUT2D eigenvalue weighted by molar-refractivity contribution is 5.83. The van der Waals surface area contributed by atoms with E-state index in [2.05, 4.69) is 39.9 Å². The van der Waals surface area contributed by atoms with Crippen LogP contribution in [0.25, 0.3) is 10.9 Å². The number of piperidine rings is 2. The van der Waals surface area contributed by atoms with Crippen molar-refractivity contribution in [3.05, 3.63) is 42.1 Å². The van der Waals surface area contributed by atoms with Gasteiger partial charge in [0.1, 0.15) is 11.2 Å². The second-order valence-corrected chi connectivity index (χ2v) is 12.7. The maximum Gasteiger partial charge on any atom is 0.411 e. The minimum atomic E-state index is -0.624. The van der Waals surface area contributed by atoms with Crippen LogP contribution in [0.2, 0.25) is 0 Å². The average Bonchev–Trinajstić information content (AvgIpc) is 3.25. The molecule has 8 heteroatoms. The molecular weight excluding hydrogens is 480 g/mol. The van der Waals surface area contributed by atoms with Crippen LogP contribution < -0.4 is 0 Å². The third kappa shape index (κ3) is 6.22. The smallest absolute Gasteiger partial charge is 0.411 e. The normalized spacial score (nSPS) is 21.9. The summed E-state index contributed by atoms with van der Waals surface area (Å²) in [6, 6.07) is 6.34. The van der Waals surface area contributed by atoms with Crippen LogP contribution in [0, 0.1) is 0 Å². The zero-order valence-corrected chi connectivity index (χ0v) is 23.9. The van der Waals surface area contributed by atoms with Crippen molar-refractivity contribution in [2.45, 2.75) is 96.3 Å². The van der Waals surface area contributed by atoms with Gasteiger partial charge < -0.3 is 9.47 Å². The number of carbonyl (C=O) groups excluding carboxylic acids is 2. The van der Waals surface area contributed by atoms with Crippen LogP contribution in [0.15, 0.2) is 30.9 Å². The Bertz CT molecular complexity index is 1170. The number of carbonyl (C=O) groups is 2. The van der Waals surface area contributed by atoms with Gasteiger partial charge in [0.2, 0.25) is 0 Å². The van der Waals surface area contributed by atoms with E-state index in [-0.39, 0.29) is 12.1 Å². The SMILES string of the molecule is C=CC1(c2ccc3c(C4CCN(CC(=O)OC(C)(C)C)CC4)[nH]nc3c2)CCCCN1C(=O)OC(C)(C)C. The number of fused-ring (bicyclic) bond motifs is 1. The van der Waals surface area contributed by atoms with E-state index in [1.807, 2.05) is 52.5 Å². The first kappa shape index (κ1) is 28.1. The van der Waals surface area contributed by atoms with Gasteiger partial charge in [-0.15, -0.1) is 6.58 Å². The van der Waals surface area contributed by atoms with Gasteiger partial charge in [-0.3, -0.25) is 19.7 Å². The predicted molar refractivity (Wildman–Crippen MR) is 149 cm³/mol. The first-order chi connectivity index (χ1) is 17.8. The molecule has 1 unspecified atom stereocenters. The zero-order chi connectivity index (χ0) is 27.7. The third-order valence-electron chi connectivity index (χ3n) is 7.48. The standard InChI is InChI=1S/C30H44N4O4/c1-8-30(15-9-10-16-34(30)27(36)38-29(5,6)7)22-11-12-23-24(19-22)31-32-26(23)21-13-17-33(18-14-21)20-25(35)37-28(2,3)4/h8,11-12,19,21H,1,9-10,13-18,20H2,2-7H3,(H,31,32). The van der Waals surface area contributed by atoms with Crippen LogP contribution in [-0.2, 0) is 19.8 Å². The highest BCUT2D eigenvalue weighted by Gasteiger charge is 2.43. The van der Waals surface area contributed by atoms with Crippen molar-refractivity contribution in [1.82, 2.24) is 20.0 Å². The van der Waals surface area contributed by atoms with Crippen molar-refractivity contribution in [3.8, 4) is 0 Å². The molecule has 4 rings (SSSR count). The molecule has 2 aliphatic rings. The van der Waals surface area contributed by atoms with Crippen LogP contribution >= 0.6 is 0 Å². The Morgan fingerprint density at radius 1 is 1.08 bits per heavy atom. The number of rotatable bonds is 5. The van der Waals surface area contributed by atoms with E-state index in [0.29, 0.717) is 19.0 Å². The molecule has 2 fully saturated rings. The number of likely N-dealkylation sites (tertiary alicyclic amines) is 2. The fourth-order valence-electron chi connectivity index (χ4n) is 5.75. The summed E-state index contributed by atoms with van der Waals surface area (Å²) in [7, 11) is 0. The van der Waals surface area contributed by atoms with Gasteiger partial charge in [0.05, 0.1) is 17.6 Å². The van der Waals surface area contributed by atoms with Crippen LogP contribution in [0.5, 0.6) is 0 Å². The lowest BCUT2D eigenvalue weighted by molar-refractivity contribution is -0.156. The quantitative estimate of drug-likeness (QED) is 0.388. The Morgan fingerprint density at radius 3 is 2.39 bits per heavy atom. The van der Waals surface area contributed by atoms with Crippen molar-refractivity contribution in [2.75, 3.05) is 26.2 Å². The Kier molecular flexibility index (Phi) is 7.94. The number of hydrogen-bond donors (Lipinski definition) is 1. The molecule has 208 valence electrons. The van der Waals surface area contributed by atoms with Gasteiger partial charge in [-0.1, -0.05) is 18.2 Å². The second-order valence-electron chi connectivity index (χ2n) is 12.7. The number of benzene rings is 1. The topological polar surface area (TPSA) is 87.8 Å². The largest absolute Gasteiger partial charge is 0.459 e. The summed E-state index contributed by atoms with van der Waals surface area (Å²) < 4.78 is 11.3. The third-order valence-corrected chi connectivity index (χ3v) is 7.48. The van der Waals surface area contributed by atoms with Crippen molar-refractivity contribution in [2.24, 2.45) is 0 Å². The molecule has 1 aromatic heterocycles. The molecule has 0 bridgehead atoms. The van der Waals surface area contributed by atoms with Gasteiger partial charge in [-0.25, -0.2) is 4.79 Å². The van der Waals surface area contributed by atoms with Crippen molar-refractivity contribution < 1.29 is 19.1 Å². The van der Waals surface area contributed by atoms with Gasteiger partial charge >= 0.3 is 12.1 Å². The number of aromatic nitrogens is 2. The molecule has 38 heavy (non-hydrogen) atoms. The maximum atomic E-state index is 13.2. The molecule has 0 saturated carbocycles. The van der Waals surface area contributed by atoms with Crippen molar-refractivity contribution >= 4 is 23.0 Å². The van der Waals surface area contributed by atoms with E-state index in [9.17, 15) is 9.59 Å². The monoisotopic (exact) mass is 524 g/mol. The predicted octanol–water partition coefficient (Wildman–Crippen LogP) is 5.89. The summed E-state index contributed by atoms with van der Waals surface area (Å²) in [5.41, 5.74) is 1.39. The molecule has 2 saturated heterocycles. The van der Waals surface area contributed by atoms with Crippen LogP contribution in [0.1, 0.15) is 90.8 Å². The lowest BCUT2D eigenvalue weighted by atomic mass is 9.80. The summed E-state index contributed by atoms with van der Waals surface area (Å²) in [6.07, 6.45) is 6.24. The minimum Gasteiger partial charge on any atom is -0.459 e. The number of amides is 1. The van der Waals surface area contributed by atoms with E-state index in [1.54, 1.807) is 0 Å². The summed E-state index contributed by atoms with van der Waals surface area (Å²) in [4.78, 5) is 29.4. The fourth-order valence-corrected chi connectivity index (χ4v) is 5.75. The van der Waals surface area contributed by atoms with Gasteiger partial charge in [0.25, 0.3) is 0 Å². The van der Waals surface area contributed by atoms with Gasteiger partial charge in [0, 0.05) is 23.5 Å². The Morgan fingerprint density at radius 2 is 1.76 bits per heavy atom. The van der Waals surface area contributed by atoms with Crippen LogP contribution in [0.4, 0.5) is 4.79 Å². The number of hydrogen-bond acceptors (Lipinski definition) is 6. The Balaban J connectivity index is 1.50. The first-order valence-corrected chi connectivity index (χ1v) is 13.9. The molecule has 0 spiro atoms. The van der Waals surface area contributed by atoms with Crippen molar-refractivity contribution in [1.29, 1.82) is 0 Å². The molecule has 0 aliphatic carbocycles. The number of nitrogens with one attached hydrogen (secondary N) is 1. The Hall–Kier alpha value is -2.87. The number of aromatic amines is 1. The average molecular weight is 525 g/mol. The molecule has 0 radical (unpaired) electrons. The summed E-state index contributed by atoms with van der Waals surface area (Å²) in [5.74, 6) is 0.178. The fraction of sp³-hybridized carbons (Fsp3) is 0.633. The molecule has 1 aromatic carbocycles. The van der Waals surface area contributed by atoms with Gasteiger partial charge in [-0.2, -0.15) is 5.10 Å². The van der Waals surface area contributed by atoms with Gasteiger partial charge in [-0.05, 0) is 98.4 Å². The summed E-state index contributed by atoms with van der Waals surface area (Å²) >= 11 is 0. The lowest BCUT2D eigenvalue weighted by Crippen LogP contribution is -2.52.